The maximum absolute atomic E-state index is 5.04. The molecule has 424 valence electrons. The second-order valence-corrected chi connectivity index (χ2v) is 26.9. The van der Waals surface area contributed by atoms with Gasteiger partial charge < -0.3 is 21.3 Å². The van der Waals surface area contributed by atoms with Crippen molar-refractivity contribution in [3.8, 4) is 0 Å². The van der Waals surface area contributed by atoms with Gasteiger partial charge in [0.25, 0.3) is 0 Å². The van der Waals surface area contributed by atoms with Gasteiger partial charge in [0.15, 0.2) is 0 Å². The zero-order valence-electron chi connectivity index (χ0n) is 51.2. The van der Waals surface area contributed by atoms with E-state index < -0.39 is 15.8 Å². The number of aryl methyl sites for hydroxylation is 8. The summed E-state index contributed by atoms with van der Waals surface area (Å²) >= 11 is 0. The molecule has 0 aromatic heterocycles. The smallest absolute Gasteiger partial charge is 0.681 e. The number of rotatable bonds is 20. The van der Waals surface area contributed by atoms with Crippen LogP contribution in [0.25, 0.3) is 21.3 Å². The van der Waals surface area contributed by atoms with Crippen LogP contribution < -0.4 is 31.8 Å². The molecule has 0 fully saturated rings. The summed E-state index contributed by atoms with van der Waals surface area (Å²) < 4.78 is 0. The first kappa shape index (κ1) is 64.7. The summed E-state index contributed by atoms with van der Waals surface area (Å²) in [5, 5.41) is 28.5. The fourth-order valence-electron chi connectivity index (χ4n) is 11.0. The van der Waals surface area contributed by atoms with Gasteiger partial charge in [-0.05, 0) is 126 Å². The minimum atomic E-state index is -1.30. The molecule has 7 heteroatoms. The van der Waals surface area contributed by atoms with Crippen LogP contribution in [0.15, 0.2) is 231 Å². The van der Waals surface area contributed by atoms with Crippen molar-refractivity contribution in [1.29, 1.82) is 0 Å². The molecule has 0 aliphatic carbocycles. The summed E-state index contributed by atoms with van der Waals surface area (Å²) in [6.07, 6.45) is 4.08. The van der Waals surface area contributed by atoms with Crippen LogP contribution in [0.5, 0.6) is 0 Å². The largest absolute Gasteiger partial charge is 4.00 e. The topological polar surface area (TPSA) is 56.4 Å². The Labute approximate surface area is 526 Å². The number of hydrogen-bond donors (Lipinski definition) is 0. The Morgan fingerprint density at radius 2 is 0.464 bits per heavy atom. The normalized spacial score (nSPS) is 10.7. The van der Waals surface area contributed by atoms with Gasteiger partial charge in [-0.3, -0.25) is 0 Å². The van der Waals surface area contributed by atoms with E-state index in [0.717, 1.165) is 22.7 Å². The van der Waals surface area contributed by atoms with E-state index in [-0.39, 0.29) is 26.2 Å². The van der Waals surface area contributed by atoms with Crippen LogP contribution in [-0.2, 0) is 52.4 Å². The Balaban J connectivity index is 0.000000221. The molecule has 84 heavy (non-hydrogen) atoms. The van der Waals surface area contributed by atoms with Crippen molar-refractivity contribution in [2.24, 2.45) is 0 Å². The molecular weight excluding hydrogens is 1130 g/mol. The third-order valence-corrected chi connectivity index (χ3v) is 20.5. The standard InChI is InChI=1S/2C36H35N2P.C5H12.Zr/c2*1-26-18-27(2)21-32(20-26)37-24-30-12-8-10-16-35(30)39(34-14-6-5-7-15-34)36-17-11-9-13-31(36)25-38-33-22-28(3)19-29(4)23-33;1-3-5-4-2;/h2*5-23H,24-25H2,1-4H3;3-5H2,1-2H3;/q2*-2;;+4/p+2. The Hall–Kier alpha value is -6.86. The second-order valence-electron chi connectivity index (χ2n) is 22.1. The molecule has 10 aromatic carbocycles. The van der Waals surface area contributed by atoms with Crippen LogP contribution in [0.4, 0.5) is 22.7 Å². The van der Waals surface area contributed by atoms with Crippen molar-refractivity contribution < 1.29 is 26.2 Å². The Kier molecular flexibility index (Phi) is 25.4. The zero-order chi connectivity index (χ0) is 58.5. The number of unbranched alkanes of at least 4 members (excludes halogenated alkanes) is 2. The predicted octanol–water partition coefficient (Wildman–Crippen LogP) is 19.8. The van der Waals surface area contributed by atoms with Crippen LogP contribution in [0.1, 0.15) is 99.9 Å². The first-order valence-electron chi connectivity index (χ1n) is 29.5. The molecule has 0 bridgehead atoms. The van der Waals surface area contributed by atoms with Gasteiger partial charge in [0.1, 0.15) is 31.8 Å². The van der Waals surface area contributed by atoms with E-state index in [1.165, 1.54) is 118 Å². The van der Waals surface area contributed by atoms with Gasteiger partial charge in [0, 0.05) is 0 Å². The summed E-state index contributed by atoms with van der Waals surface area (Å²) in [6.45, 7) is 24.2. The SMILES string of the molecule is CCCCC.Cc1cc(C)cc([N-]Cc2ccccc2[PH+](c2ccccc2)c2ccccc2C[N-]c2cc(C)cc(C)c2)c1.Cc1cc(C)cc([N-]Cc2ccccc2[PH+](c2ccccc2)c2ccccc2C[N-]c2cc(C)cc(C)c2)c1.[Zr+4]. The van der Waals surface area contributed by atoms with Gasteiger partial charge in [-0.2, -0.15) is 0 Å². The monoisotopic (exact) mass is 1220 g/mol. The summed E-state index contributed by atoms with van der Waals surface area (Å²) in [6, 6.07) is 83.6. The quantitative estimate of drug-likeness (QED) is 0.0683. The van der Waals surface area contributed by atoms with Gasteiger partial charge in [0.2, 0.25) is 0 Å². The van der Waals surface area contributed by atoms with Crippen molar-refractivity contribution in [2.45, 2.75) is 115 Å². The van der Waals surface area contributed by atoms with E-state index in [1.54, 1.807) is 0 Å². The molecule has 0 amide bonds. The minimum Gasteiger partial charge on any atom is -0.681 e. The van der Waals surface area contributed by atoms with E-state index in [9.17, 15) is 0 Å². The molecule has 0 spiro atoms. The van der Waals surface area contributed by atoms with Crippen LogP contribution in [0.2, 0.25) is 0 Å². The van der Waals surface area contributed by atoms with E-state index in [4.69, 9.17) is 21.3 Å². The minimum absolute atomic E-state index is 0. The molecule has 0 N–H and O–H groups in total. The van der Waals surface area contributed by atoms with Crippen LogP contribution >= 0.6 is 15.8 Å². The molecule has 0 aliphatic heterocycles. The Morgan fingerprint density at radius 3 is 0.667 bits per heavy atom. The van der Waals surface area contributed by atoms with Gasteiger partial charge in [0.05, 0.1) is 15.8 Å². The summed E-state index contributed by atoms with van der Waals surface area (Å²) in [7, 11) is -2.59. The number of hydrogen-bond acceptors (Lipinski definition) is 0. The van der Waals surface area contributed by atoms with Crippen LogP contribution in [0, 0.1) is 55.4 Å². The fourth-order valence-corrected chi connectivity index (χ4v) is 16.8. The average Bonchev–Trinajstić information content (AvgIpc) is 1.60. The van der Waals surface area contributed by atoms with Crippen LogP contribution in [-0.4, -0.2) is 0 Å². The van der Waals surface area contributed by atoms with Crippen molar-refractivity contribution >= 4 is 70.4 Å². The molecule has 0 saturated carbocycles. The molecule has 0 aliphatic rings. The van der Waals surface area contributed by atoms with E-state index in [1.807, 2.05) is 0 Å². The van der Waals surface area contributed by atoms with Crippen molar-refractivity contribution in [3.05, 3.63) is 319 Å². The summed E-state index contributed by atoms with van der Waals surface area (Å²) in [5.74, 6) is 0. The molecule has 0 heterocycles. The van der Waals surface area contributed by atoms with Gasteiger partial charge >= 0.3 is 26.2 Å². The first-order chi connectivity index (χ1) is 40.3. The second kappa shape index (κ2) is 33.0. The van der Waals surface area contributed by atoms with E-state index in [0.29, 0.717) is 26.2 Å². The number of nitrogens with zero attached hydrogens (tertiary/aromatic N) is 4. The number of benzene rings is 10. The van der Waals surface area contributed by atoms with Gasteiger partial charge in [-0.25, -0.2) is 0 Å². The molecule has 0 radical (unpaired) electrons. The fraction of sp³-hybridized carbons (Fsp3) is 0.221. The maximum Gasteiger partial charge on any atom is 4.00 e. The first-order valence-corrected chi connectivity index (χ1v) is 32.5. The Bertz CT molecular complexity index is 3140. The Morgan fingerprint density at radius 1 is 0.262 bits per heavy atom. The van der Waals surface area contributed by atoms with E-state index in [2.05, 4.69) is 300 Å². The summed E-state index contributed by atoms with van der Waals surface area (Å²) in [4.78, 5) is 0. The maximum atomic E-state index is 5.04. The zero-order valence-corrected chi connectivity index (χ0v) is 55.6. The third kappa shape index (κ3) is 19.1. The molecule has 10 rings (SSSR count). The summed E-state index contributed by atoms with van der Waals surface area (Å²) in [5.41, 5.74) is 19.3. The van der Waals surface area contributed by atoms with Crippen molar-refractivity contribution in [2.75, 3.05) is 0 Å². The van der Waals surface area contributed by atoms with Gasteiger partial charge in [-0.15, -0.1) is 48.9 Å². The van der Waals surface area contributed by atoms with E-state index >= 15 is 0 Å². The third-order valence-electron chi connectivity index (χ3n) is 14.5. The molecular formula is C77H84N4P2Zr+2. The van der Waals surface area contributed by atoms with Gasteiger partial charge in [-0.1, -0.05) is 260 Å². The molecule has 0 saturated heterocycles. The molecule has 0 atom stereocenters. The van der Waals surface area contributed by atoms with Crippen LogP contribution in [0.3, 0.4) is 0 Å². The molecule has 4 nitrogen and oxygen atoms in total. The predicted molar refractivity (Wildman–Crippen MR) is 369 cm³/mol. The van der Waals surface area contributed by atoms with Crippen molar-refractivity contribution in [3.63, 3.8) is 0 Å². The average molecular weight is 1220 g/mol. The van der Waals surface area contributed by atoms with Crippen molar-refractivity contribution in [1.82, 2.24) is 0 Å². The molecule has 10 aromatic rings. The molecule has 0 unspecified atom stereocenters.